The average molecular weight is 278 g/mol. The number of piperidine rings is 1. The highest BCUT2D eigenvalue weighted by molar-refractivity contribution is 7.90. The molecule has 0 unspecified atom stereocenters. The minimum atomic E-state index is -3.10. The zero-order valence-corrected chi connectivity index (χ0v) is 11.6. The first-order valence-electron chi connectivity index (χ1n) is 6.49. The largest absolute Gasteiger partial charge is 0.317 e. The molecule has 1 aliphatic rings. The lowest BCUT2D eigenvalue weighted by Gasteiger charge is -2.22. The third-order valence-corrected chi connectivity index (χ3v) is 5.14. The maximum Gasteiger partial charge on any atom is 0.154 e. The summed E-state index contributed by atoms with van der Waals surface area (Å²) in [5, 5.41) is 12.0. The molecule has 0 saturated carbocycles. The van der Waals surface area contributed by atoms with Gasteiger partial charge in [-0.1, -0.05) is 12.1 Å². The Labute approximate surface area is 114 Å². The van der Waals surface area contributed by atoms with E-state index in [-0.39, 0.29) is 17.4 Å². The van der Waals surface area contributed by atoms with Gasteiger partial charge in [-0.05, 0) is 49.5 Å². The van der Waals surface area contributed by atoms with Gasteiger partial charge in [0.05, 0.1) is 23.1 Å². The SMILES string of the molecule is N#Cc1cccc(CS(=O)(=O)CC2CCNCC2)c1. The van der Waals surface area contributed by atoms with Crippen LogP contribution in [0.4, 0.5) is 0 Å². The minimum Gasteiger partial charge on any atom is -0.317 e. The molecular formula is C14H18N2O2S. The molecule has 1 aromatic carbocycles. The van der Waals surface area contributed by atoms with Gasteiger partial charge in [0.2, 0.25) is 0 Å². The van der Waals surface area contributed by atoms with Crippen LogP contribution in [0.5, 0.6) is 0 Å². The molecule has 4 nitrogen and oxygen atoms in total. The normalized spacial score (nSPS) is 17.0. The minimum absolute atomic E-state index is 0.0342. The summed E-state index contributed by atoms with van der Waals surface area (Å²) in [7, 11) is -3.10. The quantitative estimate of drug-likeness (QED) is 0.905. The topological polar surface area (TPSA) is 70.0 Å². The molecule has 102 valence electrons. The summed E-state index contributed by atoms with van der Waals surface area (Å²) in [4.78, 5) is 0. The smallest absolute Gasteiger partial charge is 0.154 e. The molecule has 0 aromatic heterocycles. The lowest BCUT2D eigenvalue weighted by molar-refractivity contribution is 0.401. The van der Waals surface area contributed by atoms with Crippen LogP contribution in [0.25, 0.3) is 0 Å². The van der Waals surface area contributed by atoms with Gasteiger partial charge in [-0.15, -0.1) is 0 Å². The Bertz CT molecular complexity index is 569. The van der Waals surface area contributed by atoms with Gasteiger partial charge in [-0.25, -0.2) is 8.42 Å². The second-order valence-electron chi connectivity index (χ2n) is 5.06. The van der Waals surface area contributed by atoms with Crippen LogP contribution in [-0.4, -0.2) is 27.3 Å². The molecule has 0 atom stereocenters. The second-order valence-corrected chi connectivity index (χ2v) is 7.17. The standard InChI is InChI=1S/C14H18N2O2S/c15-9-13-2-1-3-14(8-13)11-19(17,18)10-12-4-6-16-7-5-12/h1-3,8,12,16H,4-7,10-11H2. The Kier molecular flexibility index (Phi) is 4.56. The van der Waals surface area contributed by atoms with Crippen molar-refractivity contribution in [2.24, 2.45) is 5.92 Å². The molecule has 1 aliphatic heterocycles. The predicted molar refractivity (Wildman–Crippen MR) is 74.2 cm³/mol. The van der Waals surface area contributed by atoms with Crippen LogP contribution >= 0.6 is 0 Å². The van der Waals surface area contributed by atoms with Crippen molar-refractivity contribution >= 4 is 9.84 Å². The fourth-order valence-electron chi connectivity index (χ4n) is 2.45. The van der Waals surface area contributed by atoms with Crippen molar-refractivity contribution in [3.8, 4) is 6.07 Å². The van der Waals surface area contributed by atoms with Crippen molar-refractivity contribution in [1.29, 1.82) is 5.26 Å². The summed E-state index contributed by atoms with van der Waals surface area (Å²) in [6, 6.07) is 8.86. The molecule has 1 saturated heterocycles. The van der Waals surface area contributed by atoms with Gasteiger partial charge >= 0.3 is 0 Å². The number of nitrogens with one attached hydrogen (secondary N) is 1. The van der Waals surface area contributed by atoms with Crippen LogP contribution < -0.4 is 5.32 Å². The molecule has 2 rings (SSSR count). The van der Waals surface area contributed by atoms with Gasteiger partial charge < -0.3 is 5.32 Å². The summed E-state index contributed by atoms with van der Waals surface area (Å²) in [5.74, 6) is 0.558. The van der Waals surface area contributed by atoms with Gasteiger partial charge in [0.1, 0.15) is 0 Å². The predicted octanol–water partition coefficient (Wildman–Crippen LogP) is 1.47. The van der Waals surface area contributed by atoms with E-state index in [4.69, 9.17) is 5.26 Å². The maximum atomic E-state index is 12.2. The zero-order valence-electron chi connectivity index (χ0n) is 10.8. The summed E-state index contributed by atoms with van der Waals surface area (Å²) >= 11 is 0. The van der Waals surface area contributed by atoms with Crippen LogP contribution in [0.1, 0.15) is 24.0 Å². The van der Waals surface area contributed by atoms with Crippen molar-refractivity contribution in [3.05, 3.63) is 35.4 Å². The average Bonchev–Trinajstić information content (AvgIpc) is 2.39. The molecular weight excluding hydrogens is 260 g/mol. The molecule has 0 aliphatic carbocycles. The summed E-state index contributed by atoms with van der Waals surface area (Å²) < 4.78 is 24.3. The van der Waals surface area contributed by atoms with Gasteiger partial charge in [0, 0.05) is 0 Å². The van der Waals surface area contributed by atoms with E-state index >= 15 is 0 Å². The van der Waals surface area contributed by atoms with E-state index < -0.39 is 9.84 Å². The first-order chi connectivity index (χ1) is 9.09. The van der Waals surface area contributed by atoms with Crippen molar-refractivity contribution in [2.75, 3.05) is 18.8 Å². The third kappa shape index (κ3) is 4.34. The highest BCUT2D eigenvalue weighted by atomic mass is 32.2. The van der Waals surface area contributed by atoms with E-state index in [1.165, 1.54) is 0 Å². The summed E-state index contributed by atoms with van der Waals surface area (Å²) in [5.41, 5.74) is 1.21. The van der Waals surface area contributed by atoms with Gasteiger partial charge in [0.15, 0.2) is 9.84 Å². The first kappa shape index (κ1) is 14.0. The number of hydrogen-bond donors (Lipinski definition) is 1. The number of rotatable bonds is 4. The lowest BCUT2D eigenvalue weighted by Crippen LogP contribution is -2.31. The maximum absolute atomic E-state index is 12.2. The second kappa shape index (κ2) is 6.18. The van der Waals surface area contributed by atoms with Crippen LogP contribution in [-0.2, 0) is 15.6 Å². The molecule has 0 spiro atoms. The molecule has 5 heteroatoms. The molecule has 1 fully saturated rings. The molecule has 0 amide bonds. The van der Waals surface area contributed by atoms with E-state index in [9.17, 15) is 8.42 Å². The van der Waals surface area contributed by atoms with Gasteiger partial charge in [0.25, 0.3) is 0 Å². The summed E-state index contributed by atoms with van der Waals surface area (Å²) in [6.45, 7) is 1.81. The van der Waals surface area contributed by atoms with E-state index in [1.807, 2.05) is 6.07 Å². The van der Waals surface area contributed by atoms with Crippen molar-refractivity contribution in [1.82, 2.24) is 5.32 Å². The number of nitriles is 1. The van der Waals surface area contributed by atoms with Gasteiger partial charge in [-0.2, -0.15) is 5.26 Å². The first-order valence-corrected chi connectivity index (χ1v) is 8.31. The number of sulfone groups is 1. The van der Waals surface area contributed by atoms with Gasteiger partial charge in [-0.3, -0.25) is 0 Å². The number of benzene rings is 1. The molecule has 0 radical (unpaired) electrons. The Balaban J connectivity index is 2.01. The van der Waals surface area contributed by atoms with Crippen molar-refractivity contribution in [2.45, 2.75) is 18.6 Å². The van der Waals surface area contributed by atoms with E-state index in [0.29, 0.717) is 11.1 Å². The van der Waals surface area contributed by atoms with Crippen LogP contribution in [0.2, 0.25) is 0 Å². The number of nitrogens with zero attached hydrogens (tertiary/aromatic N) is 1. The van der Waals surface area contributed by atoms with Crippen LogP contribution in [0.3, 0.4) is 0 Å². The van der Waals surface area contributed by atoms with Crippen LogP contribution in [0.15, 0.2) is 24.3 Å². The summed E-state index contributed by atoms with van der Waals surface area (Å²) in [6.07, 6.45) is 1.86. The van der Waals surface area contributed by atoms with Crippen molar-refractivity contribution < 1.29 is 8.42 Å². The fourth-order valence-corrected chi connectivity index (χ4v) is 4.31. The highest BCUT2D eigenvalue weighted by Gasteiger charge is 2.21. The van der Waals surface area contributed by atoms with E-state index in [1.54, 1.807) is 24.3 Å². The fraction of sp³-hybridized carbons (Fsp3) is 0.500. The molecule has 1 aromatic rings. The zero-order chi connectivity index (χ0) is 13.7. The molecule has 1 N–H and O–H groups in total. The van der Waals surface area contributed by atoms with E-state index in [0.717, 1.165) is 25.9 Å². The number of hydrogen-bond acceptors (Lipinski definition) is 4. The molecule has 0 bridgehead atoms. The highest BCUT2D eigenvalue weighted by Crippen LogP contribution is 2.17. The molecule has 1 heterocycles. The third-order valence-electron chi connectivity index (χ3n) is 3.39. The van der Waals surface area contributed by atoms with Crippen LogP contribution in [0, 0.1) is 17.2 Å². The Hall–Kier alpha value is -1.38. The Morgan fingerprint density at radius 1 is 1.32 bits per heavy atom. The Morgan fingerprint density at radius 3 is 2.74 bits per heavy atom. The molecule has 19 heavy (non-hydrogen) atoms. The lowest BCUT2D eigenvalue weighted by atomic mass is 10.0. The monoisotopic (exact) mass is 278 g/mol. The Morgan fingerprint density at radius 2 is 2.05 bits per heavy atom. The van der Waals surface area contributed by atoms with Crippen molar-refractivity contribution in [3.63, 3.8) is 0 Å². The van der Waals surface area contributed by atoms with E-state index in [2.05, 4.69) is 5.32 Å².